The highest BCUT2D eigenvalue weighted by molar-refractivity contribution is 6.05. The van der Waals surface area contributed by atoms with Gasteiger partial charge in [-0.05, 0) is 30.3 Å². The number of fused-ring (bicyclic) bond motifs is 2. The number of benzene rings is 2. The number of methoxy groups -OCH3 is 1. The summed E-state index contributed by atoms with van der Waals surface area (Å²) in [5.41, 5.74) is 0.0294. The van der Waals surface area contributed by atoms with Gasteiger partial charge in [0, 0.05) is 23.2 Å². The first-order chi connectivity index (χ1) is 12.1. The molecule has 1 aliphatic heterocycles. The predicted molar refractivity (Wildman–Crippen MR) is 89.6 cm³/mol. The van der Waals surface area contributed by atoms with Crippen molar-refractivity contribution in [3.63, 3.8) is 0 Å². The van der Waals surface area contributed by atoms with Crippen molar-refractivity contribution in [2.75, 3.05) is 19.2 Å². The fourth-order valence-electron chi connectivity index (χ4n) is 2.55. The van der Waals surface area contributed by atoms with Crippen LogP contribution >= 0.6 is 0 Å². The number of anilines is 1. The van der Waals surface area contributed by atoms with E-state index >= 15 is 0 Å². The van der Waals surface area contributed by atoms with Gasteiger partial charge in [0.2, 0.25) is 6.79 Å². The molecule has 1 amide bonds. The number of amides is 1. The summed E-state index contributed by atoms with van der Waals surface area (Å²) >= 11 is 0. The van der Waals surface area contributed by atoms with Crippen molar-refractivity contribution in [2.45, 2.75) is 0 Å². The minimum atomic E-state index is -0.723. The van der Waals surface area contributed by atoms with Crippen LogP contribution in [0.3, 0.4) is 0 Å². The van der Waals surface area contributed by atoms with Gasteiger partial charge in [-0.15, -0.1) is 0 Å². The lowest BCUT2D eigenvalue weighted by Gasteiger charge is -2.07. The Hall–Kier alpha value is -3.48. The van der Waals surface area contributed by atoms with Gasteiger partial charge in [0.05, 0.1) is 7.11 Å². The Morgan fingerprint density at radius 1 is 1.08 bits per heavy atom. The molecule has 2 heterocycles. The second-order valence-corrected chi connectivity index (χ2v) is 5.37. The Balaban J connectivity index is 1.65. The molecule has 7 nitrogen and oxygen atoms in total. The zero-order valence-electron chi connectivity index (χ0n) is 13.2. The highest BCUT2D eigenvalue weighted by Gasteiger charge is 2.17. The monoisotopic (exact) mass is 339 g/mol. The smallest absolute Gasteiger partial charge is 0.349 e. The second kappa shape index (κ2) is 5.86. The van der Waals surface area contributed by atoms with Crippen LogP contribution in [0.15, 0.2) is 51.7 Å². The first-order valence-electron chi connectivity index (χ1n) is 7.47. The summed E-state index contributed by atoms with van der Waals surface area (Å²) in [6.45, 7) is 0.143. The third-order valence-electron chi connectivity index (χ3n) is 3.82. The Labute approximate surface area is 141 Å². The number of rotatable bonds is 3. The van der Waals surface area contributed by atoms with Crippen molar-refractivity contribution in [1.29, 1.82) is 0 Å². The predicted octanol–water partition coefficient (Wildman–Crippen LogP) is 2.78. The van der Waals surface area contributed by atoms with Crippen molar-refractivity contribution >= 4 is 22.6 Å². The molecular weight excluding hydrogens is 326 g/mol. The van der Waals surface area contributed by atoms with Gasteiger partial charge >= 0.3 is 5.63 Å². The molecule has 1 N–H and O–H groups in total. The molecule has 0 bridgehead atoms. The van der Waals surface area contributed by atoms with Crippen molar-refractivity contribution in [3.8, 4) is 17.2 Å². The second-order valence-electron chi connectivity index (χ2n) is 5.37. The van der Waals surface area contributed by atoms with Crippen molar-refractivity contribution < 1.29 is 23.4 Å². The standard InChI is InChI=1S/C18H13NO6/c1-22-12-4-2-10-6-13(18(21)25-15(10)8-12)17(20)19-11-3-5-14-16(7-11)24-9-23-14/h2-8H,9H2,1H3,(H,19,20). The molecule has 0 fully saturated rings. The summed E-state index contributed by atoms with van der Waals surface area (Å²) in [4.78, 5) is 24.6. The third-order valence-corrected chi connectivity index (χ3v) is 3.82. The van der Waals surface area contributed by atoms with Crippen LogP contribution in [-0.4, -0.2) is 19.8 Å². The number of hydrogen-bond acceptors (Lipinski definition) is 6. The lowest BCUT2D eigenvalue weighted by molar-refractivity contribution is 0.102. The van der Waals surface area contributed by atoms with Gasteiger partial charge in [-0.3, -0.25) is 4.79 Å². The number of nitrogens with one attached hydrogen (secondary N) is 1. The molecule has 0 saturated heterocycles. The van der Waals surface area contributed by atoms with Crippen LogP contribution in [0, 0.1) is 0 Å². The normalized spacial score (nSPS) is 12.2. The van der Waals surface area contributed by atoms with Gasteiger partial charge in [0.15, 0.2) is 11.5 Å². The zero-order chi connectivity index (χ0) is 17.4. The summed E-state index contributed by atoms with van der Waals surface area (Å²) in [6.07, 6.45) is 0. The average Bonchev–Trinajstić information content (AvgIpc) is 3.08. The lowest BCUT2D eigenvalue weighted by Crippen LogP contribution is -2.20. The van der Waals surface area contributed by atoms with Crippen LogP contribution in [0.1, 0.15) is 10.4 Å². The van der Waals surface area contributed by atoms with E-state index in [1.54, 1.807) is 36.4 Å². The van der Waals surface area contributed by atoms with Gasteiger partial charge in [-0.25, -0.2) is 4.79 Å². The molecule has 3 aromatic rings. The van der Waals surface area contributed by atoms with Gasteiger partial charge in [0.25, 0.3) is 5.91 Å². The molecule has 0 atom stereocenters. The Morgan fingerprint density at radius 2 is 1.92 bits per heavy atom. The summed E-state index contributed by atoms with van der Waals surface area (Å²) in [5, 5.41) is 3.28. The highest BCUT2D eigenvalue weighted by atomic mass is 16.7. The molecule has 2 aromatic carbocycles. The van der Waals surface area contributed by atoms with E-state index in [1.807, 2.05) is 0 Å². The minimum absolute atomic E-state index is 0.0877. The molecule has 1 aliphatic rings. The van der Waals surface area contributed by atoms with E-state index in [2.05, 4.69) is 5.32 Å². The molecule has 0 spiro atoms. The number of carbonyl (C=O) groups excluding carboxylic acids is 1. The molecule has 1 aromatic heterocycles. The molecule has 0 radical (unpaired) electrons. The van der Waals surface area contributed by atoms with Crippen LogP contribution in [-0.2, 0) is 0 Å². The quantitative estimate of drug-likeness (QED) is 0.738. The van der Waals surface area contributed by atoms with Crippen LogP contribution in [0.5, 0.6) is 17.2 Å². The van der Waals surface area contributed by atoms with E-state index in [1.165, 1.54) is 13.2 Å². The van der Waals surface area contributed by atoms with Crippen molar-refractivity contribution in [1.82, 2.24) is 0 Å². The Kier molecular flexibility index (Phi) is 3.53. The van der Waals surface area contributed by atoms with E-state index < -0.39 is 11.5 Å². The van der Waals surface area contributed by atoms with Gasteiger partial charge in [-0.2, -0.15) is 0 Å². The van der Waals surface area contributed by atoms with E-state index in [0.717, 1.165) is 0 Å². The Bertz CT molecular complexity index is 1040. The summed E-state index contributed by atoms with van der Waals surface area (Å²) in [5.74, 6) is 1.14. The van der Waals surface area contributed by atoms with Crippen LogP contribution in [0.25, 0.3) is 11.0 Å². The maximum Gasteiger partial charge on any atom is 0.349 e. The van der Waals surface area contributed by atoms with Gasteiger partial charge < -0.3 is 23.9 Å². The topological polar surface area (TPSA) is 87.0 Å². The van der Waals surface area contributed by atoms with E-state index in [9.17, 15) is 9.59 Å². The molecule has 4 rings (SSSR count). The zero-order valence-corrected chi connectivity index (χ0v) is 13.2. The first kappa shape index (κ1) is 15.1. The first-order valence-corrected chi connectivity index (χ1v) is 7.47. The largest absolute Gasteiger partial charge is 0.497 e. The Morgan fingerprint density at radius 3 is 2.76 bits per heavy atom. The molecule has 0 unspecified atom stereocenters. The van der Waals surface area contributed by atoms with Crippen LogP contribution in [0.4, 0.5) is 5.69 Å². The molecular formula is C18H13NO6. The van der Waals surface area contributed by atoms with E-state index in [-0.39, 0.29) is 12.4 Å². The number of ether oxygens (including phenoxy) is 3. The van der Waals surface area contributed by atoms with Crippen LogP contribution in [0.2, 0.25) is 0 Å². The summed E-state index contributed by atoms with van der Waals surface area (Å²) in [6, 6.07) is 11.5. The van der Waals surface area contributed by atoms with E-state index in [4.69, 9.17) is 18.6 Å². The number of hydrogen-bond donors (Lipinski definition) is 1. The van der Waals surface area contributed by atoms with Gasteiger partial charge in [-0.1, -0.05) is 0 Å². The fourth-order valence-corrected chi connectivity index (χ4v) is 2.55. The highest BCUT2D eigenvalue weighted by Crippen LogP contribution is 2.34. The summed E-state index contributed by atoms with van der Waals surface area (Å²) < 4.78 is 20.8. The average molecular weight is 339 g/mol. The van der Waals surface area contributed by atoms with Gasteiger partial charge in [0.1, 0.15) is 16.9 Å². The van der Waals surface area contributed by atoms with Crippen molar-refractivity contribution in [3.05, 3.63) is 58.4 Å². The molecule has 25 heavy (non-hydrogen) atoms. The molecule has 0 saturated carbocycles. The van der Waals surface area contributed by atoms with Crippen LogP contribution < -0.4 is 25.2 Å². The maximum atomic E-state index is 12.4. The summed E-state index contributed by atoms with van der Waals surface area (Å²) in [7, 11) is 1.52. The lowest BCUT2D eigenvalue weighted by atomic mass is 10.1. The van der Waals surface area contributed by atoms with Crippen molar-refractivity contribution in [2.24, 2.45) is 0 Å². The minimum Gasteiger partial charge on any atom is -0.497 e. The van der Waals surface area contributed by atoms with E-state index in [0.29, 0.717) is 33.9 Å². The fraction of sp³-hybridized carbons (Fsp3) is 0.111. The molecule has 7 heteroatoms. The SMILES string of the molecule is COc1ccc2cc(C(=O)Nc3ccc4c(c3)OCO4)c(=O)oc2c1. The third kappa shape index (κ3) is 2.76. The number of carbonyl (C=O) groups is 1. The maximum absolute atomic E-state index is 12.4. The molecule has 126 valence electrons. The molecule has 0 aliphatic carbocycles.